The number of rotatable bonds is 5. The summed E-state index contributed by atoms with van der Waals surface area (Å²) in [6.07, 6.45) is 0. The Morgan fingerprint density at radius 1 is 1.33 bits per heavy atom. The minimum absolute atomic E-state index is 0.254. The SMILES string of the molecule is CC(C)c1nc2cc(CNS(=O)(=O)N(C)C)ccc2n1C. The highest BCUT2D eigenvalue weighted by molar-refractivity contribution is 7.87. The first-order valence-corrected chi connectivity index (χ1v) is 8.28. The average molecular weight is 310 g/mol. The Kier molecular flexibility index (Phi) is 4.36. The number of fused-ring (bicyclic) bond motifs is 1. The summed E-state index contributed by atoms with van der Waals surface area (Å²) in [4.78, 5) is 4.63. The zero-order chi connectivity index (χ0) is 15.8. The molecule has 2 aromatic rings. The Hall–Kier alpha value is -1.44. The van der Waals surface area contributed by atoms with Gasteiger partial charge in [-0.2, -0.15) is 17.4 Å². The van der Waals surface area contributed by atoms with Crippen molar-refractivity contribution in [3.8, 4) is 0 Å². The summed E-state index contributed by atoms with van der Waals surface area (Å²) < 4.78 is 29.2. The minimum atomic E-state index is -3.41. The Balaban J connectivity index is 2.28. The van der Waals surface area contributed by atoms with Gasteiger partial charge in [0.05, 0.1) is 11.0 Å². The summed E-state index contributed by atoms with van der Waals surface area (Å²) in [5, 5.41) is 0. The second kappa shape index (κ2) is 5.75. The van der Waals surface area contributed by atoms with Crippen molar-refractivity contribution < 1.29 is 8.42 Å². The maximum absolute atomic E-state index is 11.7. The van der Waals surface area contributed by atoms with E-state index in [1.807, 2.05) is 25.2 Å². The standard InChI is InChI=1S/C14H22N4O2S/c1-10(2)14-16-12-8-11(6-7-13(12)18(14)5)9-15-21(19,20)17(3)4/h6-8,10,15H,9H2,1-5H3. The van der Waals surface area contributed by atoms with E-state index in [2.05, 4.69) is 28.1 Å². The third-order valence-electron chi connectivity index (χ3n) is 3.44. The van der Waals surface area contributed by atoms with Crippen LogP contribution in [0.2, 0.25) is 0 Å². The molecule has 1 heterocycles. The van der Waals surface area contributed by atoms with Gasteiger partial charge in [0.15, 0.2) is 0 Å². The molecule has 0 radical (unpaired) electrons. The number of nitrogens with zero attached hydrogens (tertiary/aromatic N) is 3. The van der Waals surface area contributed by atoms with Gasteiger partial charge in [0, 0.05) is 33.6 Å². The molecule has 0 saturated heterocycles. The van der Waals surface area contributed by atoms with E-state index < -0.39 is 10.2 Å². The molecule has 0 spiro atoms. The van der Waals surface area contributed by atoms with Crippen LogP contribution in [0.1, 0.15) is 31.2 Å². The maximum Gasteiger partial charge on any atom is 0.279 e. The molecule has 7 heteroatoms. The topological polar surface area (TPSA) is 67.2 Å². The molecule has 0 bridgehead atoms. The molecule has 2 rings (SSSR count). The fourth-order valence-electron chi connectivity index (χ4n) is 2.19. The van der Waals surface area contributed by atoms with Crippen LogP contribution in [0.5, 0.6) is 0 Å². The zero-order valence-corrected chi connectivity index (χ0v) is 13.9. The van der Waals surface area contributed by atoms with E-state index >= 15 is 0 Å². The Morgan fingerprint density at radius 2 is 2.00 bits per heavy atom. The normalized spacial score (nSPS) is 12.7. The summed E-state index contributed by atoms with van der Waals surface area (Å²) in [6, 6.07) is 5.83. The molecule has 21 heavy (non-hydrogen) atoms. The molecule has 0 aliphatic carbocycles. The summed E-state index contributed by atoms with van der Waals surface area (Å²) in [6.45, 7) is 4.46. The van der Waals surface area contributed by atoms with Crippen molar-refractivity contribution >= 4 is 21.2 Å². The summed E-state index contributed by atoms with van der Waals surface area (Å²) in [5.41, 5.74) is 2.84. The van der Waals surface area contributed by atoms with Crippen LogP contribution >= 0.6 is 0 Å². The van der Waals surface area contributed by atoms with Gasteiger partial charge in [0.1, 0.15) is 5.82 Å². The minimum Gasteiger partial charge on any atom is -0.331 e. The van der Waals surface area contributed by atoms with E-state index in [1.165, 1.54) is 14.1 Å². The van der Waals surface area contributed by atoms with Crippen LogP contribution in [0.4, 0.5) is 0 Å². The van der Waals surface area contributed by atoms with Gasteiger partial charge in [-0.3, -0.25) is 0 Å². The molecule has 0 saturated carbocycles. The summed E-state index contributed by atoms with van der Waals surface area (Å²) in [5.74, 6) is 1.37. The zero-order valence-electron chi connectivity index (χ0n) is 13.1. The molecule has 0 aliphatic rings. The highest BCUT2D eigenvalue weighted by Gasteiger charge is 2.14. The van der Waals surface area contributed by atoms with Crippen molar-refractivity contribution in [1.29, 1.82) is 0 Å². The Morgan fingerprint density at radius 3 is 2.57 bits per heavy atom. The molecule has 1 aromatic carbocycles. The summed E-state index contributed by atoms with van der Waals surface area (Å²) in [7, 11) is 1.59. The van der Waals surface area contributed by atoms with Crippen LogP contribution in [-0.4, -0.2) is 36.4 Å². The molecular formula is C14H22N4O2S. The number of aryl methyl sites for hydroxylation is 1. The monoisotopic (exact) mass is 310 g/mol. The van der Waals surface area contributed by atoms with Crippen molar-refractivity contribution in [2.24, 2.45) is 7.05 Å². The van der Waals surface area contributed by atoms with E-state index in [9.17, 15) is 8.42 Å². The predicted octanol–water partition coefficient (Wildman–Crippen LogP) is 1.59. The van der Waals surface area contributed by atoms with Gasteiger partial charge in [0.2, 0.25) is 0 Å². The lowest BCUT2D eigenvalue weighted by atomic mass is 10.2. The molecule has 1 N–H and O–H groups in total. The lowest BCUT2D eigenvalue weighted by molar-refractivity contribution is 0.505. The number of hydrogen-bond acceptors (Lipinski definition) is 3. The first-order chi connectivity index (χ1) is 9.72. The molecule has 0 amide bonds. The Labute approximate surface area is 126 Å². The van der Waals surface area contributed by atoms with Crippen molar-refractivity contribution in [3.63, 3.8) is 0 Å². The molecule has 1 aromatic heterocycles. The van der Waals surface area contributed by atoms with Gasteiger partial charge in [-0.25, -0.2) is 4.98 Å². The first-order valence-electron chi connectivity index (χ1n) is 6.84. The van der Waals surface area contributed by atoms with Crippen LogP contribution in [-0.2, 0) is 23.8 Å². The van der Waals surface area contributed by atoms with Crippen LogP contribution < -0.4 is 4.72 Å². The van der Waals surface area contributed by atoms with Crippen LogP contribution in [0.3, 0.4) is 0 Å². The third-order valence-corrected chi connectivity index (χ3v) is 4.91. The number of hydrogen-bond donors (Lipinski definition) is 1. The number of imidazole rings is 1. The van der Waals surface area contributed by atoms with Gasteiger partial charge in [-0.05, 0) is 17.7 Å². The fourth-order valence-corrected chi connectivity index (χ4v) is 2.80. The van der Waals surface area contributed by atoms with E-state index in [0.29, 0.717) is 5.92 Å². The number of nitrogens with one attached hydrogen (secondary N) is 1. The van der Waals surface area contributed by atoms with Gasteiger partial charge in [-0.1, -0.05) is 19.9 Å². The average Bonchev–Trinajstić information content (AvgIpc) is 2.73. The largest absolute Gasteiger partial charge is 0.331 e. The summed E-state index contributed by atoms with van der Waals surface area (Å²) >= 11 is 0. The molecule has 0 aliphatic heterocycles. The van der Waals surface area contributed by atoms with Gasteiger partial charge < -0.3 is 4.57 Å². The fraction of sp³-hybridized carbons (Fsp3) is 0.500. The molecular weight excluding hydrogens is 288 g/mol. The second-order valence-corrected chi connectivity index (χ2v) is 7.58. The highest BCUT2D eigenvalue weighted by atomic mass is 32.2. The molecule has 0 fully saturated rings. The number of benzene rings is 1. The molecule has 116 valence electrons. The van der Waals surface area contributed by atoms with Crippen LogP contribution in [0.25, 0.3) is 11.0 Å². The van der Waals surface area contributed by atoms with Gasteiger partial charge >= 0.3 is 0 Å². The van der Waals surface area contributed by atoms with Crippen molar-refractivity contribution in [2.45, 2.75) is 26.3 Å². The van der Waals surface area contributed by atoms with E-state index in [-0.39, 0.29) is 6.54 Å². The van der Waals surface area contributed by atoms with Crippen molar-refractivity contribution in [2.75, 3.05) is 14.1 Å². The van der Waals surface area contributed by atoms with Gasteiger partial charge in [-0.15, -0.1) is 0 Å². The molecule has 6 nitrogen and oxygen atoms in total. The Bertz CT molecular complexity index is 748. The number of aromatic nitrogens is 2. The maximum atomic E-state index is 11.7. The van der Waals surface area contributed by atoms with Crippen LogP contribution in [0.15, 0.2) is 18.2 Å². The lowest BCUT2D eigenvalue weighted by Crippen LogP contribution is -2.35. The third kappa shape index (κ3) is 3.25. The highest BCUT2D eigenvalue weighted by Crippen LogP contribution is 2.21. The first kappa shape index (κ1) is 15.9. The second-order valence-electron chi connectivity index (χ2n) is 5.62. The van der Waals surface area contributed by atoms with E-state index in [4.69, 9.17) is 0 Å². The van der Waals surface area contributed by atoms with E-state index in [1.54, 1.807) is 0 Å². The van der Waals surface area contributed by atoms with Gasteiger partial charge in [0.25, 0.3) is 10.2 Å². The molecule has 0 atom stereocenters. The smallest absolute Gasteiger partial charge is 0.279 e. The van der Waals surface area contributed by atoms with Crippen LogP contribution in [0, 0.1) is 0 Å². The van der Waals surface area contributed by atoms with E-state index in [0.717, 1.165) is 26.7 Å². The lowest BCUT2D eigenvalue weighted by Gasteiger charge is -2.12. The van der Waals surface area contributed by atoms with Crippen molar-refractivity contribution in [3.05, 3.63) is 29.6 Å². The quantitative estimate of drug-likeness (QED) is 0.912. The molecule has 0 unspecified atom stereocenters. The predicted molar refractivity (Wildman–Crippen MR) is 84.2 cm³/mol. The van der Waals surface area contributed by atoms with Crippen molar-refractivity contribution in [1.82, 2.24) is 18.6 Å².